The van der Waals surface area contributed by atoms with Gasteiger partial charge in [-0.3, -0.25) is 4.79 Å². The molecule has 0 bridgehead atoms. The summed E-state index contributed by atoms with van der Waals surface area (Å²) in [4.78, 5) is 13.4. The molecule has 0 aliphatic carbocycles. The zero-order valence-electron chi connectivity index (χ0n) is 6.62. The first kappa shape index (κ1) is 9.20. The average molecular weight is 179 g/mol. The molecule has 0 spiro atoms. The number of nitrogens with zero attached hydrogens (tertiary/aromatic N) is 1. The summed E-state index contributed by atoms with van der Waals surface area (Å²) < 4.78 is 12.3. The Morgan fingerprint density at radius 2 is 2.38 bits per heavy atom. The van der Waals surface area contributed by atoms with Crippen molar-refractivity contribution in [3.05, 3.63) is 29.8 Å². The van der Waals surface area contributed by atoms with Gasteiger partial charge in [-0.2, -0.15) is 4.39 Å². The van der Waals surface area contributed by atoms with E-state index in [-0.39, 0.29) is 6.42 Å². The van der Waals surface area contributed by atoms with Gasteiger partial charge < -0.3 is 5.11 Å². The molecule has 0 aromatic carbocycles. The molecule has 0 fully saturated rings. The van der Waals surface area contributed by atoms with Crippen LogP contribution in [0.2, 0.25) is 0 Å². The van der Waals surface area contributed by atoms with Gasteiger partial charge in [0.2, 0.25) is 5.95 Å². The Morgan fingerprint density at radius 1 is 1.62 bits per heavy atom. The first-order valence-electron chi connectivity index (χ1n) is 3.50. The summed E-state index contributed by atoms with van der Waals surface area (Å²) >= 11 is 0. The third-order valence-electron chi connectivity index (χ3n) is 1.20. The molecule has 1 N–H and O–H groups in total. The minimum absolute atomic E-state index is 0.225. The lowest BCUT2D eigenvalue weighted by molar-refractivity contribution is -0.135. The van der Waals surface area contributed by atoms with E-state index in [0.29, 0.717) is 5.56 Å². The van der Waals surface area contributed by atoms with Gasteiger partial charge in [0.1, 0.15) is 6.42 Å². The highest BCUT2D eigenvalue weighted by molar-refractivity contribution is 5.70. The number of halogens is 1. The maximum absolute atomic E-state index is 12.3. The predicted molar refractivity (Wildman–Crippen MR) is 43.3 cm³/mol. The summed E-state index contributed by atoms with van der Waals surface area (Å²) in [5.74, 6) is 3.39. The van der Waals surface area contributed by atoms with Crippen molar-refractivity contribution in [3.63, 3.8) is 0 Å². The Balaban J connectivity index is 2.67. The number of aliphatic carboxylic acids is 1. The molecular formula is C9H6FNO2. The van der Waals surface area contributed by atoms with Crippen LogP contribution in [0.15, 0.2) is 18.3 Å². The summed E-state index contributed by atoms with van der Waals surface area (Å²) in [5, 5.41) is 8.26. The normalized spacial score (nSPS) is 8.69. The summed E-state index contributed by atoms with van der Waals surface area (Å²) in [5.41, 5.74) is 0.502. The van der Waals surface area contributed by atoms with E-state index in [1.807, 2.05) is 0 Å². The molecule has 0 aliphatic rings. The fraction of sp³-hybridized carbons (Fsp3) is 0.111. The van der Waals surface area contributed by atoms with Gasteiger partial charge in [0.15, 0.2) is 0 Å². The fourth-order valence-electron chi connectivity index (χ4n) is 0.672. The van der Waals surface area contributed by atoms with Crippen molar-refractivity contribution >= 4 is 5.97 Å². The lowest BCUT2D eigenvalue weighted by Gasteiger charge is -1.87. The van der Waals surface area contributed by atoms with E-state index >= 15 is 0 Å². The van der Waals surface area contributed by atoms with E-state index in [1.54, 1.807) is 0 Å². The first-order valence-corrected chi connectivity index (χ1v) is 3.50. The van der Waals surface area contributed by atoms with Crippen molar-refractivity contribution < 1.29 is 14.3 Å². The molecule has 0 unspecified atom stereocenters. The van der Waals surface area contributed by atoms with Gasteiger partial charge in [0.25, 0.3) is 0 Å². The van der Waals surface area contributed by atoms with Gasteiger partial charge in [0, 0.05) is 11.8 Å². The van der Waals surface area contributed by atoms with Gasteiger partial charge in [-0.1, -0.05) is 11.8 Å². The standard InChI is InChI=1S/C9H6FNO2/c10-8-5-4-7(6-11-8)2-1-3-9(12)13/h4-6H,3H2,(H,12,13). The molecule has 1 heterocycles. The van der Waals surface area contributed by atoms with Crippen molar-refractivity contribution in [2.24, 2.45) is 0 Å². The Bertz CT molecular complexity index is 361. The van der Waals surface area contributed by atoms with Crippen molar-refractivity contribution in [2.45, 2.75) is 6.42 Å². The van der Waals surface area contributed by atoms with Gasteiger partial charge in [-0.05, 0) is 12.1 Å². The second-order valence-electron chi connectivity index (χ2n) is 2.24. The van der Waals surface area contributed by atoms with Crippen LogP contribution < -0.4 is 0 Å². The van der Waals surface area contributed by atoms with Crippen molar-refractivity contribution in [2.75, 3.05) is 0 Å². The maximum atomic E-state index is 12.3. The molecule has 0 saturated carbocycles. The highest BCUT2D eigenvalue weighted by Crippen LogP contribution is 1.96. The van der Waals surface area contributed by atoms with Crippen molar-refractivity contribution in [1.82, 2.24) is 4.98 Å². The maximum Gasteiger partial charge on any atom is 0.315 e. The van der Waals surface area contributed by atoms with Crippen LogP contribution in [0.3, 0.4) is 0 Å². The topological polar surface area (TPSA) is 50.2 Å². The summed E-state index contributed by atoms with van der Waals surface area (Å²) in [7, 11) is 0. The molecule has 0 saturated heterocycles. The number of pyridine rings is 1. The van der Waals surface area contributed by atoms with Crippen molar-refractivity contribution in [1.29, 1.82) is 0 Å². The Labute approximate surface area is 74.2 Å². The van der Waals surface area contributed by atoms with Crippen LogP contribution in [-0.2, 0) is 4.79 Å². The second-order valence-corrected chi connectivity index (χ2v) is 2.24. The number of carboxylic acids is 1. The molecule has 1 aromatic heterocycles. The van der Waals surface area contributed by atoms with E-state index in [2.05, 4.69) is 16.8 Å². The first-order chi connectivity index (χ1) is 6.18. The van der Waals surface area contributed by atoms with Crippen LogP contribution in [0.1, 0.15) is 12.0 Å². The van der Waals surface area contributed by atoms with E-state index in [4.69, 9.17) is 5.11 Å². The summed E-state index contributed by atoms with van der Waals surface area (Å²) in [6.07, 6.45) is 1.03. The van der Waals surface area contributed by atoms with Crippen LogP contribution in [0, 0.1) is 17.8 Å². The molecule has 0 atom stereocenters. The summed E-state index contributed by atoms with van der Waals surface area (Å²) in [6, 6.07) is 2.61. The van der Waals surface area contributed by atoms with Crippen LogP contribution in [0.5, 0.6) is 0 Å². The number of hydrogen-bond acceptors (Lipinski definition) is 2. The number of aromatic nitrogens is 1. The van der Waals surface area contributed by atoms with E-state index < -0.39 is 11.9 Å². The van der Waals surface area contributed by atoms with Crippen LogP contribution in [0.25, 0.3) is 0 Å². The third kappa shape index (κ3) is 3.34. The van der Waals surface area contributed by atoms with Gasteiger partial charge in [-0.15, -0.1) is 0 Å². The lowest BCUT2D eigenvalue weighted by atomic mass is 10.3. The van der Waals surface area contributed by atoms with Crippen molar-refractivity contribution in [3.8, 4) is 11.8 Å². The van der Waals surface area contributed by atoms with Gasteiger partial charge in [-0.25, -0.2) is 4.98 Å². The smallest absolute Gasteiger partial charge is 0.315 e. The highest BCUT2D eigenvalue weighted by Gasteiger charge is 1.91. The minimum atomic E-state index is -0.984. The minimum Gasteiger partial charge on any atom is -0.481 e. The quantitative estimate of drug-likeness (QED) is 0.517. The van der Waals surface area contributed by atoms with Gasteiger partial charge in [0.05, 0.1) is 0 Å². The molecule has 0 aliphatic heterocycles. The third-order valence-corrected chi connectivity index (χ3v) is 1.20. The molecule has 1 aromatic rings. The molecule has 4 heteroatoms. The lowest BCUT2D eigenvalue weighted by Crippen LogP contribution is -1.90. The van der Waals surface area contributed by atoms with E-state index in [0.717, 1.165) is 0 Å². The molecule has 0 amide bonds. The highest BCUT2D eigenvalue weighted by atomic mass is 19.1. The average Bonchev–Trinajstić information content (AvgIpc) is 2.08. The SMILES string of the molecule is O=C(O)CC#Cc1ccc(F)nc1. The number of rotatable bonds is 1. The molecular weight excluding hydrogens is 173 g/mol. The number of carbonyl (C=O) groups is 1. The van der Waals surface area contributed by atoms with Crippen LogP contribution >= 0.6 is 0 Å². The van der Waals surface area contributed by atoms with Crippen LogP contribution in [0.4, 0.5) is 4.39 Å². The molecule has 3 nitrogen and oxygen atoms in total. The fourth-order valence-corrected chi connectivity index (χ4v) is 0.672. The zero-order valence-corrected chi connectivity index (χ0v) is 6.62. The van der Waals surface area contributed by atoms with Gasteiger partial charge >= 0.3 is 5.97 Å². The summed E-state index contributed by atoms with van der Waals surface area (Å²) in [6.45, 7) is 0. The Kier molecular flexibility index (Phi) is 2.98. The zero-order chi connectivity index (χ0) is 9.68. The molecule has 0 radical (unpaired) electrons. The van der Waals surface area contributed by atoms with E-state index in [1.165, 1.54) is 18.3 Å². The number of hydrogen-bond donors (Lipinski definition) is 1. The Morgan fingerprint density at radius 3 is 2.92 bits per heavy atom. The van der Waals surface area contributed by atoms with E-state index in [9.17, 15) is 9.18 Å². The monoisotopic (exact) mass is 179 g/mol. The van der Waals surface area contributed by atoms with Crippen LogP contribution in [-0.4, -0.2) is 16.1 Å². The number of carboxylic acid groups (broad SMARTS) is 1. The molecule has 1 rings (SSSR count). The largest absolute Gasteiger partial charge is 0.481 e. The molecule has 66 valence electrons. The predicted octanol–water partition coefficient (Wildman–Crippen LogP) is 1.05. The Hall–Kier alpha value is -1.89. The molecule has 13 heavy (non-hydrogen) atoms. The second kappa shape index (κ2) is 4.21.